The van der Waals surface area contributed by atoms with Gasteiger partial charge in [-0.25, -0.2) is 0 Å². The van der Waals surface area contributed by atoms with Crippen molar-refractivity contribution in [3.05, 3.63) is 28.2 Å². The number of halogens is 1. The molecule has 1 N–H and O–H groups in total. The smallest absolute Gasteiger partial charge is 0.0415 e. The second kappa shape index (κ2) is 6.92. The summed E-state index contributed by atoms with van der Waals surface area (Å²) in [7, 11) is 6.40. The van der Waals surface area contributed by atoms with Gasteiger partial charge in [0.1, 0.15) is 0 Å². The van der Waals surface area contributed by atoms with Crippen molar-refractivity contribution >= 4 is 21.6 Å². The summed E-state index contributed by atoms with van der Waals surface area (Å²) >= 11 is 3.59. The van der Waals surface area contributed by atoms with Crippen LogP contribution in [-0.4, -0.2) is 45.2 Å². The molecule has 1 fully saturated rings. The molecule has 0 radical (unpaired) electrons. The van der Waals surface area contributed by atoms with Crippen LogP contribution < -0.4 is 10.2 Å². The first kappa shape index (κ1) is 15.8. The van der Waals surface area contributed by atoms with Crippen molar-refractivity contribution in [2.24, 2.45) is 0 Å². The zero-order chi connectivity index (χ0) is 14.7. The minimum Gasteiger partial charge on any atom is -0.371 e. The minimum absolute atomic E-state index is 0.370. The molecule has 0 spiro atoms. The summed E-state index contributed by atoms with van der Waals surface area (Å²) in [4.78, 5) is 4.89. The van der Waals surface area contributed by atoms with E-state index in [9.17, 15) is 0 Å². The summed E-state index contributed by atoms with van der Waals surface area (Å²) in [6.07, 6.45) is 2.49. The molecular weight excluding hydrogens is 314 g/mol. The Hall–Kier alpha value is -0.580. The third-order valence-corrected chi connectivity index (χ3v) is 4.92. The number of rotatable bonds is 4. The number of piperidine rings is 1. The van der Waals surface area contributed by atoms with Crippen LogP contribution in [0.1, 0.15) is 31.4 Å². The highest BCUT2D eigenvalue weighted by Crippen LogP contribution is 2.31. The second-order valence-electron chi connectivity index (χ2n) is 5.90. The lowest BCUT2D eigenvalue weighted by molar-refractivity contribution is 0.249. The first-order chi connectivity index (χ1) is 9.52. The van der Waals surface area contributed by atoms with E-state index >= 15 is 0 Å². The third-order valence-electron chi connectivity index (χ3n) is 4.42. The molecule has 1 aliphatic heterocycles. The van der Waals surface area contributed by atoms with Crippen molar-refractivity contribution in [1.82, 2.24) is 10.2 Å². The summed E-state index contributed by atoms with van der Waals surface area (Å²) in [5.74, 6) is 0. The van der Waals surface area contributed by atoms with Gasteiger partial charge in [0.05, 0.1) is 0 Å². The van der Waals surface area contributed by atoms with E-state index in [4.69, 9.17) is 0 Å². The number of anilines is 1. The van der Waals surface area contributed by atoms with Crippen molar-refractivity contribution in [2.75, 3.05) is 39.1 Å². The van der Waals surface area contributed by atoms with Gasteiger partial charge in [-0.2, -0.15) is 0 Å². The van der Waals surface area contributed by atoms with E-state index in [-0.39, 0.29) is 0 Å². The normalized spacial score (nSPS) is 18.6. The van der Waals surface area contributed by atoms with Gasteiger partial charge < -0.3 is 15.1 Å². The van der Waals surface area contributed by atoms with Crippen LogP contribution in [0.25, 0.3) is 0 Å². The van der Waals surface area contributed by atoms with Crippen LogP contribution >= 0.6 is 15.9 Å². The SMILES string of the molecule is CNC(C)c1cc(Br)ccc1N1CCC(N(C)C)CC1. The Balaban J connectivity index is 2.17. The average Bonchev–Trinajstić information content (AvgIpc) is 2.46. The molecule has 0 aromatic heterocycles. The summed E-state index contributed by atoms with van der Waals surface area (Å²) in [6, 6.07) is 7.75. The Bertz CT molecular complexity index is 439. The molecule has 1 saturated heterocycles. The Morgan fingerprint density at radius 1 is 1.30 bits per heavy atom. The van der Waals surface area contributed by atoms with Crippen molar-refractivity contribution in [3.63, 3.8) is 0 Å². The van der Waals surface area contributed by atoms with E-state index in [1.54, 1.807) is 0 Å². The molecule has 0 saturated carbocycles. The number of nitrogens with zero attached hydrogens (tertiary/aromatic N) is 2. The molecule has 3 nitrogen and oxygen atoms in total. The summed E-state index contributed by atoms with van der Waals surface area (Å²) in [5.41, 5.74) is 2.76. The topological polar surface area (TPSA) is 18.5 Å². The van der Waals surface area contributed by atoms with Crippen LogP contribution in [0.4, 0.5) is 5.69 Å². The van der Waals surface area contributed by atoms with Gasteiger partial charge in [-0.15, -0.1) is 0 Å². The van der Waals surface area contributed by atoms with Gasteiger partial charge in [-0.1, -0.05) is 15.9 Å². The molecular formula is C16H26BrN3. The summed E-state index contributed by atoms with van der Waals surface area (Å²) in [6.45, 7) is 4.51. The van der Waals surface area contributed by atoms with Gasteiger partial charge >= 0.3 is 0 Å². The first-order valence-electron chi connectivity index (χ1n) is 7.41. The highest BCUT2D eigenvalue weighted by atomic mass is 79.9. The molecule has 20 heavy (non-hydrogen) atoms. The van der Waals surface area contributed by atoms with Crippen molar-refractivity contribution in [2.45, 2.75) is 31.8 Å². The van der Waals surface area contributed by atoms with Gasteiger partial charge in [0.25, 0.3) is 0 Å². The Kier molecular flexibility index (Phi) is 5.47. The van der Waals surface area contributed by atoms with E-state index in [0.29, 0.717) is 6.04 Å². The quantitative estimate of drug-likeness (QED) is 0.908. The molecule has 1 aliphatic rings. The van der Waals surface area contributed by atoms with E-state index < -0.39 is 0 Å². The number of nitrogens with one attached hydrogen (secondary N) is 1. The van der Waals surface area contributed by atoms with Crippen LogP contribution in [0.5, 0.6) is 0 Å². The Morgan fingerprint density at radius 3 is 2.50 bits per heavy atom. The molecule has 0 bridgehead atoms. The van der Waals surface area contributed by atoms with Crippen LogP contribution in [0, 0.1) is 0 Å². The van der Waals surface area contributed by atoms with Crippen molar-refractivity contribution in [1.29, 1.82) is 0 Å². The molecule has 0 amide bonds. The molecule has 1 heterocycles. The molecule has 1 unspecified atom stereocenters. The zero-order valence-corrected chi connectivity index (χ0v) is 14.6. The van der Waals surface area contributed by atoms with Gasteiger partial charge in [0.15, 0.2) is 0 Å². The number of hydrogen-bond donors (Lipinski definition) is 1. The van der Waals surface area contributed by atoms with Gasteiger partial charge in [-0.3, -0.25) is 0 Å². The predicted octanol–water partition coefficient (Wildman–Crippen LogP) is 3.26. The summed E-state index contributed by atoms with van der Waals surface area (Å²) in [5, 5.41) is 3.36. The summed E-state index contributed by atoms with van der Waals surface area (Å²) < 4.78 is 1.15. The fourth-order valence-electron chi connectivity index (χ4n) is 2.94. The van der Waals surface area contributed by atoms with Crippen molar-refractivity contribution in [3.8, 4) is 0 Å². The minimum atomic E-state index is 0.370. The van der Waals surface area contributed by atoms with Crippen LogP contribution in [0.3, 0.4) is 0 Å². The maximum absolute atomic E-state index is 3.59. The average molecular weight is 340 g/mol. The zero-order valence-electron chi connectivity index (χ0n) is 13.0. The lowest BCUT2D eigenvalue weighted by Crippen LogP contribution is -2.42. The maximum Gasteiger partial charge on any atom is 0.0415 e. The highest BCUT2D eigenvalue weighted by molar-refractivity contribution is 9.10. The number of benzene rings is 1. The van der Waals surface area contributed by atoms with E-state index in [2.05, 4.69) is 70.3 Å². The Labute approximate surface area is 131 Å². The number of hydrogen-bond acceptors (Lipinski definition) is 3. The highest BCUT2D eigenvalue weighted by Gasteiger charge is 2.23. The van der Waals surface area contributed by atoms with Crippen LogP contribution in [-0.2, 0) is 0 Å². The van der Waals surface area contributed by atoms with E-state index in [1.165, 1.54) is 24.1 Å². The monoisotopic (exact) mass is 339 g/mol. The second-order valence-corrected chi connectivity index (χ2v) is 6.81. The lowest BCUT2D eigenvalue weighted by atomic mass is 10.00. The van der Waals surface area contributed by atoms with E-state index in [0.717, 1.165) is 23.6 Å². The van der Waals surface area contributed by atoms with Crippen molar-refractivity contribution < 1.29 is 0 Å². The van der Waals surface area contributed by atoms with Gasteiger partial charge in [0.2, 0.25) is 0 Å². The molecule has 4 heteroatoms. The molecule has 2 rings (SSSR count). The standard InChI is InChI=1S/C16H26BrN3/c1-12(18-2)15-11-13(17)5-6-16(15)20-9-7-14(8-10-20)19(3)4/h5-6,11-12,14,18H,7-10H2,1-4H3. The maximum atomic E-state index is 3.59. The Morgan fingerprint density at radius 2 is 1.95 bits per heavy atom. The van der Waals surface area contributed by atoms with Crippen LogP contribution in [0.2, 0.25) is 0 Å². The van der Waals surface area contributed by atoms with Crippen LogP contribution in [0.15, 0.2) is 22.7 Å². The fourth-order valence-corrected chi connectivity index (χ4v) is 3.32. The third kappa shape index (κ3) is 3.54. The molecule has 112 valence electrons. The first-order valence-corrected chi connectivity index (χ1v) is 8.20. The molecule has 1 aromatic carbocycles. The van der Waals surface area contributed by atoms with Gasteiger partial charge in [-0.05, 0) is 64.7 Å². The van der Waals surface area contributed by atoms with E-state index in [1.807, 2.05) is 7.05 Å². The van der Waals surface area contributed by atoms with Gasteiger partial charge in [0, 0.05) is 35.3 Å². The molecule has 0 aliphatic carbocycles. The fraction of sp³-hybridized carbons (Fsp3) is 0.625. The molecule has 1 atom stereocenters. The lowest BCUT2D eigenvalue weighted by Gasteiger charge is -2.38. The predicted molar refractivity (Wildman–Crippen MR) is 90.5 cm³/mol. The molecule has 1 aromatic rings. The largest absolute Gasteiger partial charge is 0.371 e.